The minimum absolute atomic E-state index is 0.0976. The third kappa shape index (κ3) is 4.16. The Labute approximate surface area is 120 Å². The normalized spacial score (nSPS) is 15.8. The first-order chi connectivity index (χ1) is 9.58. The first-order valence-corrected chi connectivity index (χ1v) is 7.17. The van der Waals surface area contributed by atoms with Crippen LogP contribution in [-0.2, 0) is 0 Å². The lowest BCUT2D eigenvalue weighted by Gasteiger charge is -2.37. The predicted molar refractivity (Wildman–Crippen MR) is 81.2 cm³/mol. The molecular weight excluding hydrogens is 256 g/mol. The Balaban J connectivity index is 0.000000956. The van der Waals surface area contributed by atoms with Crippen LogP contribution < -0.4 is 4.90 Å². The number of piperazine rings is 1. The van der Waals surface area contributed by atoms with Gasteiger partial charge in [0.25, 0.3) is 0 Å². The molecule has 1 aromatic heterocycles. The summed E-state index contributed by atoms with van der Waals surface area (Å²) in [6.07, 6.45) is 1.59. The van der Waals surface area contributed by atoms with Crippen LogP contribution in [0.5, 0.6) is 0 Å². The molecule has 0 spiro atoms. The SMILES string of the molecule is CC.CC(C)N1CCN(c2ccc([N+](=O)[O-])nc2)CC1. The molecule has 0 amide bonds. The summed E-state index contributed by atoms with van der Waals surface area (Å²) in [5.74, 6) is -0.0976. The second-order valence-electron chi connectivity index (χ2n) is 4.75. The fourth-order valence-corrected chi connectivity index (χ4v) is 2.17. The van der Waals surface area contributed by atoms with Crippen molar-refractivity contribution >= 4 is 11.5 Å². The summed E-state index contributed by atoms with van der Waals surface area (Å²) in [7, 11) is 0. The summed E-state index contributed by atoms with van der Waals surface area (Å²) in [5, 5.41) is 10.5. The summed E-state index contributed by atoms with van der Waals surface area (Å²) in [4.78, 5) is 18.6. The van der Waals surface area contributed by atoms with Crippen molar-refractivity contribution in [2.75, 3.05) is 31.1 Å². The molecule has 0 N–H and O–H groups in total. The van der Waals surface area contributed by atoms with Crippen molar-refractivity contribution in [2.24, 2.45) is 0 Å². The molecule has 2 heterocycles. The molecule has 1 aliphatic heterocycles. The maximum Gasteiger partial charge on any atom is 0.363 e. The van der Waals surface area contributed by atoms with Crippen LogP contribution >= 0.6 is 0 Å². The average Bonchev–Trinajstić information content (AvgIpc) is 2.49. The quantitative estimate of drug-likeness (QED) is 0.629. The molecule has 0 aliphatic carbocycles. The standard InChI is InChI=1S/C12H18N4O2.C2H6/c1-10(2)14-5-7-15(8-6-14)11-3-4-12(13-9-11)16(17)18;1-2/h3-4,9-10H,5-8H2,1-2H3;1-2H3. The molecule has 0 radical (unpaired) electrons. The number of aromatic nitrogens is 1. The van der Waals surface area contributed by atoms with Crippen LogP contribution in [0.3, 0.4) is 0 Å². The minimum Gasteiger partial charge on any atom is -0.366 e. The Kier molecular flexibility index (Phi) is 6.38. The largest absolute Gasteiger partial charge is 0.366 e. The van der Waals surface area contributed by atoms with Crippen molar-refractivity contribution in [1.82, 2.24) is 9.88 Å². The van der Waals surface area contributed by atoms with Gasteiger partial charge in [0.2, 0.25) is 0 Å². The van der Waals surface area contributed by atoms with E-state index in [0.717, 1.165) is 31.9 Å². The van der Waals surface area contributed by atoms with Crippen LogP contribution in [0.25, 0.3) is 0 Å². The van der Waals surface area contributed by atoms with Crippen molar-refractivity contribution in [3.05, 3.63) is 28.4 Å². The molecule has 0 atom stereocenters. The highest BCUT2D eigenvalue weighted by Crippen LogP contribution is 2.18. The second kappa shape index (κ2) is 7.79. The van der Waals surface area contributed by atoms with Gasteiger partial charge in [-0.15, -0.1) is 0 Å². The summed E-state index contributed by atoms with van der Waals surface area (Å²) >= 11 is 0. The van der Waals surface area contributed by atoms with Crippen LogP contribution in [0.4, 0.5) is 11.5 Å². The fraction of sp³-hybridized carbons (Fsp3) is 0.643. The average molecular weight is 280 g/mol. The molecule has 6 heteroatoms. The summed E-state index contributed by atoms with van der Waals surface area (Å²) in [6, 6.07) is 3.81. The molecule has 1 aromatic rings. The van der Waals surface area contributed by atoms with Crippen molar-refractivity contribution in [3.8, 4) is 0 Å². The zero-order valence-corrected chi connectivity index (χ0v) is 12.7. The van der Waals surface area contributed by atoms with Gasteiger partial charge in [0.05, 0.1) is 5.69 Å². The number of nitro groups is 1. The van der Waals surface area contributed by atoms with E-state index >= 15 is 0 Å². The monoisotopic (exact) mass is 280 g/mol. The Hall–Kier alpha value is -1.69. The van der Waals surface area contributed by atoms with Crippen LogP contribution in [-0.4, -0.2) is 47.0 Å². The van der Waals surface area contributed by atoms with E-state index in [1.807, 2.05) is 13.8 Å². The molecule has 1 saturated heterocycles. The summed E-state index contributed by atoms with van der Waals surface area (Å²) in [6.45, 7) is 12.3. The van der Waals surface area contributed by atoms with Gasteiger partial charge in [-0.05, 0) is 29.8 Å². The van der Waals surface area contributed by atoms with Crippen molar-refractivity contribution < 1.29 is 4.92 Å². The molecule has 0 saturated carbocycles. The minimum atomic E-state index is -0.472. The van der Waals surface area contributed by atoms with Crippen LogP contribution in [0.2, 0.25) is 0 Å². The van der Waals surface area contributed by atoms with Crippen molar-refractivity contribution in [3.63, 3.8) is 0 Å². The first kappa shape index (κ1) is 16.4. The number of anilines is 1. The van der Waals surface area contributed by atoms with E-state index in [2.05, 4.69) is 28.6 Å². The summed E-state index contributed by atoms with van der Waals surface area (Å²) < 4.78 is 0. The molecule has 6 nitrogen and oxygen atoms in total. The fourth-order valence-electron chi connectivity index (χ4n) is 2.17. The van der Waals surface area contributed by atoms with Gasteiger partial charge in [0.1, 0.15) is 0 Å². The number of nitrogens with zero attached hydrogens (tertiary/aromatic N) is 4. The van der Waals surface area contributed by atoms with E-state index in [-0.39, 0.29) is 5.82 Å². The lowest BCUT2D eigenvalue weighted by molar-refractivity contribution is -0.389. The Morgan fingerprint density at radius 3 is 2.20 bits per heavy atom. The molecule has 0 unspecified atom stereocenters. The van der Waals surface area contributed by atoms with E-state index in [1.54, 1.807) is 12.3 Å². The first-order valence-electron chi connectivity index (χ1n) is 7.17. The molecule has 1 fully saturated rings. The second-order valence-corrected chi connectivity index (χ2v) is 4.75. The molecule has 1 aliphatic rings. The van der Waals surface area contributed by atoms with Crippen molar-refractivity contribution in [1.29, 1.82) is 0 Å². The number of hydrogen-bond donors (Lipinski definition) is 0. The highest BCUT2D eigenvalue weighted by atomic mass is 16.6. The molecule has 112 valence electrons. The van der Waals surface area contributed by atoms with Gasteiger partial charge in [0.15, 0.2) is 6.20 Å². The van der Waals surface area contributed by atoms with E-state index in [0.29, 0.717) is 6.04 Å². The predicted octanol–water partition coefficient (Wildman–Crippen LogP) is 2.55. The lowest BCUT2D eigenvalue weighted by Crippen LogP contribution is -2.48. The number of hydrogen-bond acceptors (Lipinski definition) is 5. The Bertz CT molecular complexity index is 412. The van der Waals surface area contributed by atoms with Crippen LogP contribution in [0.15, 0.2) is 18.3 Å². The third-order valence-corrected chi connectivity index (χ3v) is 3.33. The van der Waals surface area contributed by atoms with Gasteiger partial charge in [-0.3, -0.25) is 4.90 Å². The van der Waals surface area contributed by atoms with E-state index in [9.17, 15) is 10.1 Å². The van der Waals surface area contributed by atoms with Gasteiger partial charge in [-0.1, -0.05) is 13.8 Å². The van der Waals surface area contributed by atoms with Gasteiger partial charge >= 0.3 is 5.82 Å². The number of rotatable bonds is 3. The zero-order chi connectivity index (χ0) is 15.1. The molecule has 0 aromatic carbocycles. The Morgan fingerprint density at radius 2 is 1.80 bits per heavy atom. The highest BCUT2D eigenvalue weighted by molar-refractivity contribution is 5.46. The molecule has 20 heavy (non-hydrogen) atoms. The number of pyridine rings is 1. The molecule has 2 rings (SSSR count). The van der Waals surface area contributed by atoms with Gasteiger partial charge < -0.3 is 15.0 Å². The van der Waals surface area contributed by atoms with Gasteiger partial charge in [-0.25, -0.2) is 0 Å². The maximum absolute atomic E-state index is 10.5. The highest BCUT2D eigenvalue weighted by Gasteiger charge is 2.20. The topological polar surface area (TPSA) is 62.5 Å². The van der Waals surface area contributed by atoms with E-state index < -0.39 is 4.92 Å². The smallest absolute Gasteiger partial charge is 0.363 e. The van der Waals surface area contributed by atoms with E-state index in [4.69, 9.17) is 0 Å². The van der Waals surface area contributed by atoms with E-state index in [1.165, 1.54) is 6.07 Å². The summed E-state index contributed by atoms with van der Waals surface area (Å²) in [5.41, 5.74) is 0.962. The van der Waals surface area contributed by atoms with Crippen LogP contribution in [0.1, 0.15) is 27.7 Å². The molecular formula is C14H24N4O2. The zero-order valence-electron chi connectivity index (χ0n) is 12.7. The van der Waals surface area contributed by atoms with Crippen molar-refractivity contribution in [2.45, 2.75) is 33.7 Å². The van der Waals surface area contributed by atoms with Crippen LogP contribution in [0, 0.1) is 10.1 Å². The van der Waals surface area contributed by atoms with Gasteiger partial charge in [-0.2, -0.15) is 0 Å². The Morgan fingerprint density at radius 1 is 1.20 bits per heavy atom. The maximum atomic E-state index is 10.5. The lowest BCUT2D eigenvalue weighted by atomic mass is 10.2. The third-order valence-electron chi connectivity index (χ3n) is 3.33. The van der Waals surface area contributed by atoms with Gasteiger partial charge in [0, 0.05) is 38.3 Å². The molecule has 0 bridgehead atoms.